The number of nitrogens with one attached hydrogen (secondary N) is 1. The minimum absolute atomic E-state index is 0. The second-order valence-electron chi connectivity index (χ2n) is 2.21. The van der Waals surface area contributed by atoms with Gasteiger partial charge in [-0.05, 0) is 0 Å². The van der Waals surface area contributed by atoms with Gasteiger partial charge >= 0.3 is 0 Å². The van der Waals surface area contributed by atoms with Crippen molar-refractivity contribution in [3.05, 3.63) is 0 Å². The molecule has 0 spiro atoms. The van der Waals surface area contributed by atoms with E-state index in [1.165, 1.54) is 11.3 Å². The fourth-order valence-electron chi connectivity index (χ4n) is 0. The van der Waals surface area contributed by atoms with Crippen LogP contribution in [0.3, 0.4) is 0 Å². The van der Waals surface area contributed by atoms with Crippen LogP contribution in [0, 0.1) is 0 Å². The first kappa shape index (κ1) is 15.9. The van der Waals surface area contributed by atoms with Gasteiger partial charge in [-0.15, -0.1) is 0 Å². The van der Waals surface area contributed by atoms with Gasteiger partial charge in [-0.3, -0.25) is 0 Å². The Morgan fingerprint density at radius 2 is 1.00 bits per heavy atom. The Labute approximate surface area is 70.5 Å². The van der Waals surface area contributed by atoms with E-state index in [4.69, 9.17) is 0 Å². The zero-order valence-corrected chi connectivity index (χ0v) is 8.74. The molecule has 0 heterocycles. The van der Waals surface area contributed by atoms with Crippen molar-refractivity contribution in [2.45, 2.75) is 20.3 Å². The Morgan fingerprint density at radius 1 is 1.00 bits per heavy atom. The summed E-state index contributed by atoms with van der Waals surface area (Å²) < 4.78 is 0. The molecule has 0 saturated carbocycles. The smallest absolute Gasteiger partial charge is 0.0661 e. The van der Waals surface area contributed by atoms with Gasteiger partial charge in [-0.25, -0.2) is 0 Å². The van der Waals surface area contributed by atoms with Crippen molar-refractivity contribution in [3.8, 4) is 0 Å². The first-order valence-electron chi connectivity index (χ1n) is 2.91. The van der Waals surface area contributed by atoms with Crippen molar-refractivity contribution in [1.29, 1.82) is 0 Å². The lowest BCUT2D eigenvalue weighted by atomic mass is 10.6. The van der Waals surface area contributed by atoms with Gasteiger partial charge in [0, 0.05) is 0 Å². The van der Waals surface area contributed by atoms with E-state index in [0.717, 1.165) is 0 Å². The summed E-state index contributed by atoms with van der Waals surface area (Å²) in [5, 5.41) is 0. The zero-order chi connectivity index (χ0) is 6.28. The summed E-state index contributed by atoms with van der Waals surface area (Å²) in [6.07, 6.45) is 1.25. The molecule has 2 heteroatoms. The van der Waals surface area contributed by atoms with Gasteiger partial charge in [0.1, 0.15) is 0 Å². The summed E-state index contributed by atoms with van der Waals surface area (Å²) in [6.45, 7) is 4.25. The van der Waals surface area contributed by atoms with Crippen molar-refractivity contribution < 1.29 is 28.9 Å². The van der Waals surface area contributed by atoms with Crippen LogP contribution < -0.4 is 28.9 Å². The molecule has 0 aromatic rings. The highest BCUT2D eigenvalue weighted by molar-refractivity contribution is 3.92. The predicted octanol–water partition coefficient (Wildman–Crippen LogP) is -2.82. The van der Waals surface area contributed by atoms with E-state index >= 15 is 0 Å². The van der Waals surface area contributed by atoms with E-state index in [2.05, 4.69) is 35.0 Å². The number of rotatable bonds is 0. The lowest BCUT2D eigenvalue weighted by molar-refractivity contribution is -0.836. The Balaban J connectivity index is -0.0000000575. The number of quaternary nitrogens is 1. The predicted molar refractivity (Wildman–Crippen MR) is 34.7 cm³/mol. The number of halogens is 1. The van der Waals surface area contributed by atoms with Gasteiger partial charge in [0.25, 0.3) is 0 Å². The van der Waals surface area contributed by atoms with Crippen molar-refractivity contribution in [3.63, 3.8) is 0 Å². The monoisotopic (exact) mass is 231 g/mol. The van der Waals surface area contributed by atoms with Gasteiger partial charge in [0.15, 0.2) is 0 Å². The standard InChI is InChI=1S/C3H9N.C3H8.HI/c1-4(2)3;1-3-2;/h1-3H3;3H2,1-2H3;1H. The Morgan fingerprint density at radius 3 is 1.00 bits per heavy atom. The fourth-order valence-corrected chi connectivity index (χ4v) is 0. The van der Waals surface area contributed by atoms with Crippen molar-refractivity contribution in [1.82, 2.24) is 0 Å². The summed E-state index contributed by atoms with van der Waals surface area (Å²) in [5.41, 5.74) is 0. The van der Waals surface area contributed by atoms with E-state index in [-0.39, 0.29) is 24.0 Å². The Hall–Kier alpha value is 0.690. The van der Waals surface area contributed by atoms with E-state index in [0.29, 0.717) is 0 Å². The lowest BCUT2D eigenvalue weighted by Crippen LogP contribution is -3.02. The van der Waals surface area contributed by atoms with Gasteiger partial charge in [0.2, 0.25) is 0 Å². The molecule has 0 saturated heterocycles. The average molecular weight is 231 g/mol. The first-order valence-corrected chi connectivity index (χ1v) is 2.91. The molecular formula is C6H18IN. The Bertz CT molecular complexity index is 19.7. The molecule has 0 amide bonds. The van der Waals surface area contributed by atoms with E-state index in [1.807, 2.05) is 0 Å². The highest BCUT2D eigenvalue weighted by Crippen LogP contribution is 1.56. The largest absolute Gasteiger partial charge is 1.00 e. The van der Waals surface area contributed by atoms with E-state index in [1.54, 1.807) is 0 Å². The molecule has 0 rings (SSSR count). The third-order valence-electron chi connectivity index (χ3n) is 0. The molecular weight excluding hydrogens is 213 g/mol. The van der Waals surface area contributed by atoms with Crippen LogP contribution in [0.15, 0.2) is 0 Å². The zero-order valence-electron chi connectivity index (χ0n) is 6.59. The molecule has 0 bridgehead atoms. The summed E-state index contributed by atoms with van der Waals surface area (Å²) in [7, 11) is 6.25. The van der Waals surface area contributed by atoms with E-state index < -0.39 is 0 Å². The average Bonchev–Trinajstić information content (AvgIpc) is 1.33. The molecule has 0 aliphatic heterocycles. The maximum Gasteiger partial charge on any atom is 0.0661 e. The summed E-state index contributed by atoms with van der Waals surface area (Å²) in [4.78, 5) is 1.42. The van der Waals surface area contributed by atoms with Crippen LogP contribution in [0.2, 0.25) is 0 Å². The summed E-state index contributed by atoms with van der Waals surface area (Å²) in [5.74, 6) is 0. The molecule has 0 fully saturated rings. The minimum Gasteiger partial charge on any atom is -1.00 e. The first-order chi connectivity index (χ1) is 3.15. The van der Waals surface area contributed by atoms with Gasteiger partial charge < -0.3 is 28.9 Å². The molecule has 8 heavy (non-hydrogen) atoms. The fraction of sp³-hybridized carbons (Fsp3) is 1.00. The normalized spacial score (nSPS) is 6.75. The SMILES string of the molecule is CCC.C[NH+](C)C.[I-]. The molecule has 0 aliphatic rings. The van der Waals surface area contributed by atoms with Gasteiger partial charge in [0.05, 0.1) is 21.1 Å². The van der Waals surface area contributed by atoms with Crippen LogP contribution in [0.25, 0.3) is 0 Å². The Kier molecular flexibility index (Phi) is 31.0. The maximum atomic E-state index is 2.12. The van der Waals surface area contributed by atoms with Crippen molar-refractivity contribution in [2.75, 3.05) is 21.1 Å². The second kappa shape index (κ2) is 15.6. The molecule has 0 atom stereocenters. The molecule has 0 radical (unpaired) electrons. The summed E-state index contributed by atoms with van der Waals surface area (Å²) in [6, 6.07) is 0. The van der Waals surface area contributed by atoms with Crippen LogP contribution in [-0.2, 0) is 0 Å². The highest BCUT2D eigenvalue weighted by atomic mass is 127. The minimum atomic E-state index is 0. The molecule has 54 valence electrons. The van der Waals surface area contributed by atoms with Gasteiger partial charge in [-0.2, -0.15) is 0 Å². The lowest BCUT2D eigenvalue weighted by Gasteiger charge is -1.88. The third-order valence-corrected chi connectivity index (χ3v) is 0. The quantitative estimate of drug-likeness (QED) is 0.429. The van der Waals surface area contributed by atoms with Crippen LogP contribution in [0.4, 0.5) is 0 Å². The van der Waals surface area contributed by atoms with Crippen molar-refractivity contribution in [2.24, 2.45) is 0 Å². The molecule has 0 unspecified atom stereocenters. The molecule has 0 aromatic heterocycles. The molecule has 1 nitrogen and oxygen atoms in total. The third kappa shape index (κ3) is 455. The van der Waals surface area contributed by atoms with Crippen LogP contribution in [-0.4, -0.2) is 21.1 Å². The highest BCUT2D eigenvalue weighted by Gasteiger charge is 1.61. The van der Waals surface area contributed by atoms with Crippen LogP contribution in [0.5, 0.6) is 0 Å². The van der Waals surface area contributed by atoms with Gasteiger partial charge in [-0.1, -0.05) is 20.3 Å². The maximum absolute atomic E-state index is 2.12. The molecule has 1 N–H and O–H groups in total. The van der Waals surface area contributed by atoms with Crippen LogP contribution in [0.1, 0.15) is 20.3 Å². The topological polar surface area (TPSA) is 4.44 Å². The van der Waals surface area contributed by atoms with Crippen molar-refractivity contribution >= 4 is 0 Å². The summed E-state index contributed by atoms with van der Waals surface area (Å²) >= 11 is 0. The molecule has 0 aromatic carbocycles. The molecule has 0 aliphatic carbocycles. The van der Waals surface area contributed by atoms with Crippen LogP contribution >= 0.6 is 0 Å². The number of hydrogen-bond acceptors (Lipinski definition) is 0. The van der Waals surface area contributed by atoms with E-state index in [9.17, 15) is 0 Å². The number of hydrogen-bond donors (Lipinski definition) is 1. The second-order valence-corrected chi connectivity index (χ2v) is 2.21.